The van der Waals surface area contributed by atoms with Crippen molar-refractivity contribution in [2.75, 3.05) is 11.9 Å². The van der Waals surface area contributed by atoms with Crippen molar-refractivity contribution in [3.05, 3.63) is 32.7 Å². The van der Waals surface area contributed by atoms with Crippen molar-refractivity contribution in [2.24, 2.45) is 0 Å². The Labute approximate surface area is 205 Å². The number of carbonyl (C=O) groups excluding carboxylic acids is 2. The van der Waals surface area contributed by atoms with Gasteiger partial charge >= 0.3 is 12.1 Å². The van der Waals surface area contributed by atoms with Crippen LogP contribution in [0.15, 0.2) is 16.5 Å². The van der Waals surface area contributed by atoms with Crippen molar-refractivity contribution in [1.29, 1.82) is 0 Å². The molecule has 0 radical (unpaired) electrons. The molecule has 1 amide bonds. The number of thiazole rings is 1. The molecule has 1 aliphatic carbocycles. The van der Waals surface area contributed by atoms with E-state index in [0.717, 1.165) is 26.7 Å². The van der Waals surface area contributed by atoms with Crippen LogP contribution in [0.25, 0.3) is 10.6 Å². The van der Waals surface area contributed by atoms with E-state index in [9.17, 15) is 19.5 Å². The van der Waals surface area contributed by atoms with E-state index in [1.165, 1.54) is 22.7 Å². The molecule has 0 fully saturated rings. The lowest BCUT2D eigenvalue weighted by Crippen LogP contribution is -2.35. The predicted octanol–water partition coefficient (Wildman–Crippen LogP) is 4.91. The van der Waals surface area contributed by atoms with E-state index in [1.807, 2.05) is 12.3 Å². The quantitative estimate of drug-likeness (QED) is 0.551. The molecule has 0 spiro atoms. The molecule has 0 unspecified atom stereocenters. The Morgan fingerprint density at radius 2 is 1.91 bits per heavy atom. The minimum atomic E-state index is -1.04. The molecule has 0 saturated heterocycles. The lowest BCUT2D eigenvalue weighted by atomic mass is 10.0. The summed E-state index contributed by atoms with van der Waals surface area (Å²) in [4.78, 5) is 47.6. The lowest BCUT2D eigenvalue weighted by molar-refractivity contribution is -0.150. The highest BCUT2D eigenvalue weighted by Gasteiger charge is 2.31. The fraction of sp³-hybridized carbons (Fsp3) is 0.478. The highest BCUT2D eigenvalue weighted by molar-refractivity contribution is 7.18. The fourth-order valence-electron chi connectivity index (χ4n) is 4.02. The van der Waals surface area contributed by atoms with Gasteiger partial charge in [0.2, 0.25) is 0 Å². The number of carbonyl (C=O) groups is 3. The number of nitrogens with zero attached hydrogens (tertiary/aromatic N) is 2. The zero-order chi connectivity index (χ0) is 24.6. The summed E-state index contributed by atoms with van der Waals surface area (Å²) in [7, 11) is 0. The highest BCUT2D eigenvalue weighted by atomic mass is 32.1. The summed E-state index contributed by atoms with van der Waals surface area (Å²) in [6.07, 6.45) is 1.34. The molecule has 0 saturated carbocycles. The molecule has 3 heterocycles. The molecule has 2 aliphatic rings. The third-order valence-corrected chi connectivity index (χ3v) is 7.53. The Morgan fingerprint density at radius 1 is 1.18 bits per heavy atom. The maximum absolute atomic E-state index is 13.0. The number of carboxylic acid groups (broad SMARTS) is 1. The molecule has 4 rings (SSSR count). The van der Waals surface area contributed by atoms with Crippen molar-refractivity contribution in [3.8, 4) is 10.6 Å². The molecule has 2 aromatic rings. The molecule has 34 heavy (non-hydrogen) atoms. The highest BCUT2D eigenvalue weighted by Crippen LogP contribution is 2.45. The van der Waals surface area contributed by atoms with E-state index in [2.05, 4.69) is 10.3 Å². The summed E-state index contributed by atoms with van der Waals surface area (Å²) in [5.74, 6) is -1.43. The van der Waals surface area contributed by atoms with Crippen LogP contribution >= 0.6 is 22.7 Å². The third-order valence-electron chi connectivity index (χ3n) is 5.43. The standard InChI is InChI=1S/C23H27N3O6S2/c1-12-11-33-19(24-12)17-15-8-9-26(32-22(30)31-23(2,3)4)10-16(15)34-20(17)25-18(27)13-6-5-7-14(13)21(28)29/h11H,5-10H2,1-4H3,(H,25,27)(H,28,29). The van der Waals surface area contributed by atoms with Crippen LogP contribution in [0.5, 0.6) is 0 Å². The van der Waals surface area contributed by atoms with Crippen molar-refractivity contribution in [2.45, 2.75) is 65.5 Å². The van der Waals surface area contributed by atoms with Gasteiger partial charge in [-0.15, -0.1) is 27.7 Å². The Kier molecular flexibility index (Phi) is 6.79. The molecule has 0 bridgehead atoms. The van der Waals surface area contributed by atoms with E-state index in [0.29, 0.717) is 49.3 Å². The number of anilines is 1. The number of hydroxylamine groups is 2. The summed E-state index contributed by atoms with van der Waals surface area (Å²) in [6.45, 7) is 8.06. The summed E-state index contributed by atoms with van der Waals surface area (Å²) in [5, 5.41) is 17.3. The zero-order valence-electron chi connectivity index (χ0n) is 19.5. The maximum atomic E-state index is 13.0. The predicted molar refractivity (Wildman–Crippen MR) is 129 cm³/mol. The first-order valence-corrected chi connectivity index (χ1v) is 12.7. The number of nitrogens with one attached hydrogen (secondary N) is 1. The van der Waals surface area contributed by atoms with Crippen molar-refractivity contribution in [3.63, 3.8) is 0 Å². The number of aryl methyl sites for hydroxylation is 1. The van der Waals surface area contributed by atoms with Crippen LogP contribution < -0.4 is 5.32 Å². The van der Waals surface area contributed by atoms with E-state index in [-0.39, 0.29) is 11.5 Å². The molecule has 1 aliphatic heterocycles. The van der Waals surface area contributed by atoms with Gasteiger partial charge < -0.3 is 20.0 Å². The monoisotopic (exact) mass is 505 g/mol. The summed E-state index contributed by atoms with van der Waals surface area (Å²) in [5.41, 5.74) is 2.65. The maximum Gasteiger partial charge on any atom is 0.528 e. The number of amides is 1. The minimum absolute atomic E-state index is 0.183. The van der Waals surface area contributed by atoms with Gasteiger partial charge in [0, 0.05) is 39.2 Å². The topological polar surface area (TPSA) is 118 Å². The van der Waals surface area contributed by atoms with E-state index >= 15 is 0 Å². The Bertz CT molecular complexity index is 1170. The number of carboxylic acids is 1. The molecule has 182 valence electrons. The summed E-state index contributed by atoms with van der Waals surface area (Å²) >= 11 is 2.89. The first kappa shape index (κ1) is 24.4. The SMILES string of the molecule is Cc1csc(-c2c(NC(=O)C3=C(C(=O)O)CCC3)sc3c2CCN(OC(=O)OC(C)(C)C)C3)n1. The largest absolute Gasteiger partial charge is 0.528 e. The molecule has 2 N–H and O–H groups in total. The summed E-state index contributed by atoms with van der Waals surface area (Å²) < 4.78 is 5.25. The van der Waals surface area contributed by atoms with E-state index in [1.54, 1.807) is 25.8 Å². The van der Waals surface area contributed by atoms with Crippen molar-refractivity contribution >= 4 is 45.7 Å². The molecule has 2 aromatic heterocycles. The van der Waals surface area contributed by atoms with Crippen LogP contribution in [-0.4, -0.2) is 45.3 Å². The van der Waals surface area contributed by atoms with Gasteiger partial charge in [0.25, 0.3) is 5.91 Å². The number of hydrogen-bond acceptors (Lipinski definition) is 9. The normalized spacial score (nSPS) is 16.4. The van der Waals surface area contributed by atoms with Crippen LogP contribution in [0.1, 0.15) is 56.2 Å². The Hall–Kier alpha value is -2.76. The van der Waals surface area contributed by atoms with Gasteiger partial charge in [0.1, 0.15) is 15.6 Å². The average Bonchev–Trinajstić information content (AvgIpc) is 3.43. The van der Waals surface area contributed by atoms with Crippen LogP contribution in [0.2, 0.25) is 0 Å². The zero-order valence-corrected chi connectivity index (χ0v) is 21.2. The Morgan fingerprint density at radius 3 is 2.56 bits per heavy atom. The second-order valence-corrected chi connectivity index (χ2v) is 11.2. The first-order chi connectivity index (χ1) is 16.0. The number of ether oxygens (including phenoxy) is 1. The number of thiophene rings is 1. The molecular weight excluding hydrogens is 478 g/mol. The number of fused-ring (bicyclic) bond motifs is 1. The smallest absolute Gasteiger partial charge is 0.478 e. The van der Waals surface area contributed by atoms with Crippen molar-refractivity contribution < 1.29 is 29.1 Å². The van der Waals surface area contributed by atoms with Gasteiger partial charge in [0.05, 0.1) is 6.54 Å². The van der Waals surface area contributed by atoms with E-state index < -0.39 is 17.7 Å². The molecule has 0 atom stereocenters. The van der Waals surface area contributed by atoms with Crippen LogP contribution in [0.3, 0.4) is 0 Å². The number of rotatable bonds is 5. The van der Waals surface area contributed by atoms with Gasteiger partial charge in [-0.2, -0.15) is 0 Å². The number of aromatic nitrogens is 1. The van der Waals surface area contributed by atoms with Gasteiger partial charge in [-0.25, -0.2) is 14.6 Å². The Balaban J connectivity index is 1.61. The van der Waals surface area contributed by atoms with Gasteiger partial charge in [-0.3, -0.25) is 4.79 Å². The van der Waals surface area contributed by atoms with Crippen LogP contribution in [0.4, 0.5) is 9.80 Å². The van der Waals surface area contributed by atoms with Crippen LogP contribution in [-0.2, 0) is 32.1 Å². The lowest BCUT2D eigenvalue weighted by Gasteiger charge is -2.27. The van der Waals surface area contributed by atoms with Gasteiger partial charge in [0.15, 0.2) is 0 Å². The van der Waals surface area contributed by atoms with Crippen molar-refractivity contribution in [1.82, 2.24) is 10.0 Å². The van der Waals surface area contributed by atoms with E-state index in [4.69, 9.17) is 9.57 Å². The second-order valence-electron chi connectivity index (χ2n) is 9.24. The third kappa shape index (κ3) is 5.31. The molecule has 0 aromatic carbocycles. The van der Waals surface area contributed by atoms with Gasteiger partial charge in [-0.1, -0.05) is 0 Å². The minimum Gasteiger partial charge on any atom is -0.478 e. The second kappa shape index (κ2) is 9.47. The van der Waals surface area contributed by atoms with Crippen LogP contribution in [0, 0.1) is 6.92 Å². The first-order valence-electron chi connectivity index (χ1n) is 11.0. The number of hydrogen-bond donors (Lipinski definition) is 2. The molecule has 11 heteroatoms. The van der Waals surface area contributed by atoms with Gasteiger partial charge in [-0.05, 0) is 58.9 Å². The molecular formula is C23H27N3O6S2. The molecule has 9 nitrogen and oxygen atoms in total. The average molecular weight is 506 g/mol. The summed E-state index contributed by atoms with van der Waals surface area (Å²) in [6, 6.07) is 0. The fourth-order valence-corrected chi connectivity index (χ4v) is 6.21. The number of aliphatic carboxylic acids is 1.